The summed E-state index contributed by atoms with van der Waals surface area (Å²) in [4.78, 5) is 12.4. The first-order chi connectivity index (χ1) is 16.0. The van der Waals surface area contributed by atoms with Gasteiger partial charge in [-0.2, -0.15) is 0 Å². The van der Waals surface area contributed by atoms with E-state index in [1.54, 1.807) is 31.4 Å². The van der Waals surface area contributed by atoms with Crippen LogP contribution in [0.5, 0.6) is 23.0 Å². The minimum absolute atomic E-state index is 0.191. The molecule has 33 heavy (non-hydrogen) atoms. The third-order valence-corrected chi connectivity index (χ3v) is 4.99. The maximum atomic E-state index is 12.4. The average molecular weight is 446 g/mol. The predicted molar refractivity (Wildman–Crippen MR) is 130 cm³/mol. The second-order valence-electron chi connectivity index (χ2n) is 7.00. The molecule has 0 bridgehead atoms. The van der Waals surface area contributed by atoms with E-state index in [-0.39, 0.29) is 11.5 Å². The zero-order valence-corrected chi connectivity index (χ0v) is 19.0. The van der Waals surface area contributed by atoms with E-state index >= 15 is 0 Å². The van der Waals surface area contributed by atoms with E-state index in [0.717, 1.165) is 22.4 Å². The minimum atomic E-state index is -0.364. The molecule has 1 N–H and O–H groups in total. The van der Waals surface area contributed by atoms with Crippen molar-refractivity contribution in [3.8, 4) is 23.0 Å². The van der Waals surface area contributed by atoms with Crippen LogP contribution < -0.4 is 18.9 Å². The highest BCUT2D eigenvalue weighted by atomic mass is 16.5. The van der Waals surface area contributed by atoms with Crippen molar-refractivity contribution in [1.29, 1.82) is 0 Å². The van der Waals surface area contributed by atoms with Gasteiger partial charge in [0.05, 0.1) is 28.4 Å². The Hall–Kier alpha value is -4.19. The summed E-state index contributed by atoms with van der Waals surface area (Å²) in [5.74, 6) is 1.56. The number of hydrogen-bond acceptors (Lipinski definition) is 6. The normalized spacial score (nSPS) is 11.8. The van der Waals surface area contributed by atoms with Gasteiger partial charge in [-0.05, 0) is 52.8 Å². The summed E-state index contributed by atoms with van der Waals surface area (Å²) in [6, 6.07) is 15.1. The quantitative estimate of drug-likeness (QED) is 0.262. The van der Waals surface area contributed by atoms with Crippen LogP contribution in [0.2, 0.25) is 0 Å². The van der Waals surface area contributed by atoms with E-state index in [9.17, 15) is 9.90 Å². The van der Waals surface area contributed by atoms with Gasteiger partial charge in [0, 0.05) is 11.6 Å². The van der Waals surface area contributed by atoms with Gasteiger partial charge in [-0.3, -0.25) is 4.79 Å². The Morgan fingerprint density at radius 2 is 1.45 bits per heavy atom. The van der Waals surface area contributed by atoms with E-state index in [0.29, 0.717) is 28.6 Å². The molecule has 3 aromatic rings. The Balaban J connectivity index is 1.81. The third kappa shape index (κ3) is 5.54. The van der Waals surface area contributed by atoms with Crippen LogP contribution in [-0.4, -0.2) is 39.3 Å². The second kappa shape index (κ2) is 10.9. The third-order valence-electron chi connectivity index (χ3n) is 4.99. The summed E-state index contributed by atoms with van der Waals surface area (Å²) in [5, 5.41) is 12.2. The molecule has 0 aromatic heterocycles. The summed E-state index contributed by atoms with van der Waals surface area (Å²) in [6.07, 6.45) is 7.29. The molecule has 170 valence electrons. The van der Waals surface area contributed by atoms with Gasteiger partial charge in [0.15, 0.2) is 17.3 Å². The van der Waals surface area contributed by atoms with Crippen molar-refractivity contribution < 1.29 is 28.8 Å². The molecular formula is C27H26O6. The summed E-state index contributed by atoms with van der Waals surface area (Å²) in [6.45, 7) is 0. The molecular weight excluding hydrogens is 420 g/mol. The smallest absolute Gasteiger partial charge is 0.203 e. The number of ether oxygens (including phenoxy) is 4. The lowest BCUT2D eigenvalue weighted by atomic mass is 10.0. The standard InChI is InChI=1S/C27H26O6/c1-30-24-14-10-19-7-5-6-8-22(19)23(24)13-12-21(29)17-20(28)11-9-18-15-25(31-2)27(33-4)26(16-18)32-3/h5-17,28H,1-4H3/b11-9+,13-12+,20-17-. The lowest BCUT2D eigenvalue weighted by molar-refractivity contribution is -0.110. The zero-order valence-electron chi connectivity index (χ0n) is 19.0. The molecule has 0 fully saturated rings. The summed E-state index contributed by atoms with van der Waals surface area (Å²) >= 11 is 0. The summed E-state index contributed by atoms with van der Waals surface area (Å²) in [5.41, 5.74) is 1.50. The molecule has 0 atom stereocenters. The highest BCUT2D eigenvalue weighted by molar-refractivity contribution is 6.04. The lowest BCUT2D eigenvalue weighted by Gasteiger charge is -2.12. The van der Waals surface area contributed by atoms with Crippen LogP contribution in [0.25, 0.3) is 22.9 Å². The maximum absolute atomic E-state index is 12.4. The molecule has 0 unspecified atom stereocenters. The first-order valence-electron chi connectivity index (χ1n) is 10.2. The SMILES string of the molecule is COc1cc(/C=C/C(O)=C/C(=O)/C=C/c2c(OC)ccc3ccccc23)cc(OC)c1OC. The molecule has 0 aliphatic heterocycles. The highest BCUT2D eigenvalue weighted by Gasteiger charge is 2.12. The number of fused-ring (bicyclic) bond motifs is 1. The fourth-order valence-electron chi connectivity index (χ4n) is 3.41. The van der Waals surface area contributed by atoms with Crippen molar-refractivity contribution in [3.63, 3.8) is 0 Å². The van der Waals surface area contributed by atoms with Gasteiger partial charge in [0.1, 0.15) is 11.5 Å². The monoisotopic (exact) mass is 446 g/mol. The minimum Gasteiger partial charge on any atom is -0.508 e. The molecule has 6 heteroatoms. The first-order valence-corrected chi connectivity index (χ1v) is 10.2. The van der Waals surface area contributed by atoms with Crippen molar-refractivity contribution in [1.82, 2.24) is 0 Å². The molecule has 3 aromatic carbocycles. The van der Waals surface area contributed by atoms with Crippen LogP contribution in [0.4, 0.5) is 0 Å². The van der Waals surface area contributed by atoms with Gasteiger partial charge in [0.2, 0.25) is 5.75 Å². The number of benzene rings is 3. The van der Waals surface area contributed by atoms with Crippen molar-refractivity contribution in [3.05, 3.63) is 83.6 Å². The van der Waals surface area contributed by atoms with Crippen LogP contribution in [0, 0.1) is 0 Å². The molecule has 0 saturated carbocycles. The molecule has 0 radical (unpaired) electrons. The van der Waals surface area contributed by atoms with E-state index in [1.165, 1.54) is 33.5 Å². The number of aliphatic hydroxyl groups is 1. The Kier molecular flexibility index (Phi) is 7.76. The number of allylic oxidation sites excluding steroid dienone is 3. The Morgan fingerprint density at radius 3 is 2.09 bits per heavy atom. The molecule has 0 amide bonds. The number of ketones is 1. The second-order valence-corrected chi connectivity index (χ2v) is 7.00. The van der Waals surface area contributed by atoms with Crippen LogP contribution in [0.3, 0.4) is 0 Å². The molecule has 0 spiro atoms. The number of rotatable bonds is 9. The van der Waals surface area contributed by atoms with Crippen molar-refractivity contribution >= 4 is 28.7 Å². The largest absolute Gasteiger partial charge is 0.508 e. The van der Waals surface area contributed by atoms with E-state index in [2.05, 4.69) is 0 Å². The first kappa shape index (κ1) is 23.5. The number of methoxy groups -OCH3 is 4. The number of carbonyl (C=O) groups excluding carboxylic acids is 1. The Morgan fingerprint density at radius 1 is 0.788 bits per heavy atom. The average Bonchev–Trinajstić information content (AvgIpc) is 2.84. The number of aliphatic hydroxyl groups excluding tert-OH is 1. The van der Waals surface area contributed by atoms with Gasteiger partial charge < -0.3 is 24.1 Å². The van der Waals surface area contributed by atoms with Crippen LogP contribution in [-0.2, 0) is 4.79 Å². The number of carbonyl (C=O) groups is 1. The van der Waals surface area contributed by atoms with Gasteiger partial charge in [-0.25, -0.2) is 0 Å². The fraction of sp³-hybridized carbons (Fsp3) is 0.148. The van der Waals surface area contributed by atoms with Crippen molar-refractivity contribution in [2.45, 2.75) is 0 Å². The summed E-state index contributed by atoms with van der Waals surface area (Å²) in [7, 11) is 6.16. The molecule has 3 rings (SSSR count). The van der Waals surface area contributed by atoms with Crippen LogP contribution >= 0.6 is 0 Å². The van der Waals surface area contributed by atoms with Gasteiger partial charge in [-0.15, -0.1) is 0 Å². The zero-order chi connectivity index (χ0) is 23.8. The molecule has 0 aliphatic rings. The topological polar surface area (TPSA) is 74.2 Å². The fourth-order valence-corrected chi connectivity index (χ4v) is 3.41. The van der Waals surface area contributed by atoms with Crippen molar-refractivity contribution in [2.75, 3.05) is 28.4 Å². The van der Waals surface area contributed by atoms with Gasteiger partial charge in [0.25, 0.3) is 0 Å². The lowest BCUT2D eigenvalue weighted by Crippen LogP contribution is -1.95. The van der Waals surface area contributed by atoms with Gasteiger partial charge in [-0.1, -0.05) is 36.4 Å². The van der Waals surface area contributed by atoms with E-state index < -0.39 is 0 Å². The van der Waals surface area contributed by atoms with E-state index in [1.807, 2.05) is 36.4 Å². The van der Waals surface area contributed by atoms with Gasteiger partial charge >= 0.3 is 0 Å². The molecule has 0 saturated heterocycles. The van der Waals surface area contributed by atoms with Crippen LogP contribution in [0.1, 0.15) is 11.1 Å². The van der Waals surface area contributed by atoms with E-state index in [4.69, 9.17) is 18.9 Å². The maximum Gasteiger partial charge on any atom is 0.203 e. The Labute approximate surface area is 193 Å². The predicted octanol–water partition coefficient (Wildman–Crippen LogP) is 5.61. The molecule has 0 aliphatic carbocycles. The van der Waals surface area contributed by atoms with Crippen molar-refractivity contribution in [2.24, 2.45) is 0 Å². The Bertz CT molecular complexity index is 1210. The summed E-state index contributed by atoms with van der Waals surface area (Å²) < 4.78 is 21.4. The number of hydrogen-bond donors (Lipinski definition) is 1. The van der Waals surface area contributed by atoms with Crippen LogP contribution in [0.15, 0.2) is 72.5 Å². The molecule has 6 nitrogen and oxygen atoms in total. The molecule has 0 heterocycles. The highest BCUT2D eigenvalue weighted by Crippen LogP contribution is 2.38.